The summed E-state index contributed by atoms with van der Waals surface area (Å²) in [4.78, 5) is 135. The Bertz CT molecular complexity index is 4480. The topological polar surface area (TPSA) is 408 Å². The van der Waals surface area contributed by atoms with Crippen LogP contribution in [0.5, 0.6) is 0 Å². The zero-order valence-electron chi connectivity index (χ0n) is 76.1. The molecular weight excluding hydrogens is 1700 g/mol. The van der Waals surface area contributed by atoms with Crippen LogP contribution in [0.3, 0.4) is 0 Å². The molecule has 40 heteroatoms. The van der Waals surface area contributed by atoms with E-state index in [0.29, 0.717) is 206 Å². The number of thiocarbonyl (C=S) groups is 2. The van der Waals surface area contributed by atoms with Gasteiger partial charge in [0.1, 0.15) is 38.5 Å². The van der Waals surface area contributed by atoms with Crippen molar-refractivity contribution in [3.8, 4) is 0 Å². The van der Waals surface area contributed by atoms with Gasteiger partial charge in [-0.3, -0.25) is 45.0 Å². The van der Waals surface area contributed by atoms with Gasteiger partial charge in [-0.1, -0.05) is 40.0 Å². The lowest BCUT2D eigenvalue weighted by Gasteiger charge is -2.37. The summed E-state index contributed by atoms with van der Waals surface area (Å²) in [6, 6.07) is 27.0. The number of anilines is 4. The van der Waals surface area contributed by atoms with E-state index in [1.54, 1.807) is 126 Å². The van der Waals surface area contributed by atoms with Crippen LogP contribution >= 0.6 is 24.4 Å². The molecule has 3 aromatic heterocycles. The number of nitrogens with one attached hydrogen (secondary N) is 5. The zero-order chi connectivity index (χ0) is 93.1. The van der Waals surface area contributed by atoms with Crippen molar-refractivity contribution in [2.75, 3.05) is 121 Å². The number of fused-ring (bicyclic) bond motifs is 3. The Morgan fingerprint density at radius 1 is 0.426 bits per heavy atom. The molecule has 0 bridgehead atoms. The highest BCUT2D eigenvalue weighted by Crippen LogP contribution is 2.28. The summed E-state index contributed by atoms with van der Waals surface area (Å²) in [6.45, 7) is 15.3. The van der Waals surface area contributed by atoms with Gasteiger partial charge in [0, 0.05) is 147 Å². The number of benzene rings is 4. The summed E-state index contributed by atoms with van der Waals surface area (Å²) in [6.07, 6.45) is -0.235. The van der Waals surface area contributed by atoms with Gasteiger partial charge < -0.3 is 68.0 Å². The van der Waals surface area contributed by atoms with Crippen molar-refractivity contribution in [2.24, 2.45) is 0 Å². The molecule has 0 spiro atoms. The normalized spacial score (nSPS) is 15.4. The Labute approximate surface area is 764 Å². The number of aryl methyl sites for hydroxylation is 6. The fourth-order valence-electron chi connectivity index (χ4n) is 15.5. The van der Waals surface area contributed by atoms with E-state index in [2.05, 4.69) is 57.5 Å². The average Bonchev–Trinajstić information content (AvgIpc) is 1.42. The maximum absolute atomic E-state index is 15.1. The molecule has 38 nitrogen and oxygen atoms in total. The van der Waals surface area contributed by atoms with Crippen LogP contribution in [0, 0.1) is 0 Å². The number of hydrogen-bond donors (Lipinski definition) is 5. The van der Waals surface area contributed by atoms with Crippen LogP contribution in [0.25, 0.3) is 0 Å². The molecule has 9 amide bonds. The predicted octanol–water partition coefficient (Wildman–Crippen LogP) is 11.8. The molecule has 3 heterocycles. The molecule has 0 saturated carbocycles. The van der Waals surface area contributed by atoms with E-state index >= 15 is 14.4 Å². The number of amides is 9. The minimum absolute atomic E-state index is 0.00651. The second kappa shape index (κ2) is 50.1. The standard InChI is InChI=1S/C89H122N20O18S2/c1-11-101(12-2)79(110)63-31-39-67(40-32-63)104(58-119-8)86(116)122-54-20-51-107-76-48-45-70(23-17-26-73(76)95-98-107)125-83(113)92-89(91-82(129)90-66-37-29-62(30-38-66)57-61(7)128,93-84(114)126-71-24-18-27-74-77(49-46-71)108(99-96-74)52-21-55-123-87(117)105(59-120-9)68-41-33-64(34-42-68)80(111)102(13-3)14-4)94-85(115)127-72-25-19-28-75-78(50-47-72)109(100-97-75)53-22-56-124-88(118)106(60-121-10)69-43-35-65(36-44-69)81(112)103(15-5)16-6/h29-44,70-72H,11-28,45-60H2,1-10H3,(H,92,113)(H,93,114)(H,94,115)(H2,90,91,129)/i7D. The molecule has 0 radical (unpaired) electrons. The third kappa shape index (κ3) is 28.5. The maximum atomic E-state index is 15.1. The van der Waals surface area contributed by atoms with Crippen molar-refractivity contribution in [1.82, 2.24) is 80.9 Å². The van der Waals surface area contributed by atoms with Crippen molar-refractivity contribution in [2.45, 2.75) is 214 Å². The van der Waals surface area contributed by atoms with Gasteiger partial charge in [-0.05, 0) is 252 Å². The smallest absolute Gasteiger partial charge is 0.416 e. The van der Waals surface area contributed by atoms with Gasteiger partial charge in [-0.25, -0.2) is 42.8 Å². The summed E-state index contributed by atoms with van der Waals surface area (Å²) >= 11 is 11.4. The number of carbonyl (C=O) groups excluding carboxylic acids is 9. The number of nitrogens with zero attached hydrogens (tertiary/aromatic N) is 15. The van der Waals surface area contributed by atoms with Crippen molar-refractivity contribution in [3.63, 3.8) is 0 Å². The molecular formula is C89H122N20O18S2. The lowest BCUT2D eigenvalue weighted by Crippen LogP contribution is -2.79. The summed E-state index contributed by atoms with van der Waals surface area (Å²) in [5.41, 5.74) is 8.78. The van der Waals surface area contributed by atoms with Crippen LogP contribution in [0.2, 0.25) is 0 Å². The molecule has 5 N–H and O–H groups in total. The van der Waals surface area contributed by atoms with E-state index in [1.165, 1.54) is 36.0 Å². The highest BCUT2D eigenvalue weighted by molar-refractivity contribution is 7.80. The van der Waals surface area contributed by atoms with Crippen molar-refractivity contribution in [1.29, 1.82) is 0 Å². The molecule has 3 unspecified atom stereocenters. The number of methoxy groups -OCH3 is 3. The van der Waals surface area contributed by atoms with Crippen molar-refractivity contribution in [3.05, 3.63) is 153 Å². The van der Waals surface area contributed by atoms with Crippen LogP contribution in [0.15, 0.2) is 97.1 Å². The molecule has 698 valence electrons. The first-order valence-corrected chi connectivity index (χ1v) is 45.0. The zero-order valence-corrected chi connectivity index (χ0v) is 76.7. The van der Waals surface area contributed by atoms with E-state index in [1.807, 2.05) is 41.5 Å². The number of rotatable bonds is 40. The summed E-state index contributed by atoms with van der Waals surface area (Å²) in [5, 5.41) is 41.0. The molecule has 3 aliphatic rings. The second-order valence-electron chi connectivity index (χ2n) is 31.1. The van der Waals surface area contributed by atoms with Gasteiger partial charge in [-0.15, -0.1) is 15.3 Å². The van der Waals surface area contributed by atoms with Crippen molar-refractivity contribution < 1.29 is 87.2 Å². The molecule has 129 heavy (non-hydrogen) atoms. The minimum atomic E-state index is -2.61. The number of alkyl carbamates (subject to hydrolysis) is 3. The van der Waals surface area contributed by atoms with Gasteiger partial charge >= 0.3 is 36.6 Å². The first-order valence-electron chi connectivity index (χ1n) is 44.8. The first-order chi connectivity index (χ1) is 63.0. The van der Waals surface area contributed by atoms with Gasteiger partial charge in [0.2, 0.25) is 0 Å². The van der Waals surface area contributed by atoms with Crippen LogP contribution in [0.1, 0.15) is 198 Å². The molecule has 7 aromatic rings. The fraction of sp³-hybridized carbons (Fsp3) is 0.539. The van der Waals surface area contributed by atoms with Crippen LogP contribution < -0.4 is 41.3 Å². The van der Waals surface area contributed by atoms with Crippen molar-refractivity contribution >= 4 is 111 Å². The third-order valence-electron chi connectivity index (χ3n) is 22.4. The lowest BCUT2D eigenvalue weighted by atomic mass is 9.99. The number of ether oxygens (including phenoxy) is 9. The van der Waals surface area contributed by atoms with Gasteiger partial charge in [0.25, 0.3) is 23.6 Å². The Morgan fingerprint density at radius 3 is 1.02 bits per heavy atom. The molecule has 3 atom stereocenters. The Morgan fingerprint density at radius 2 is 0.736 bits per heavy atom. The van der Waals surface area contributed by atoms with Crippen LogP contribution in [0.4, 0.5) is 51.5 Å². The van der Waals surface area contributed by atoms with Gasteiger partial charge in [-0.2, -0.15) is 0 Å². The monoisotopic (exact) mass is 1820 g/mol. The van der Waals surface area contributed by atoms with Crippen LogP contribution in [-0.4, -0.2) is 249 Å². The van der Waals surface area contributed by atoms with Gasteiger partial charge in [0.05, 0.1) is 54.0 Å². The molecule has 4 aromatic carbocycles. The van der Waals surface area contributed by atoms with Gasteiger partial charge in [0.15, 0.2) is 5.11 Å². The Balaban J connectivity index is 0.839. The first kappa shape index (κ1) is 97.6. The number of carbonyl (C=O) groups is 9. The Hall–Kier alpha value is -12.0. The predicted molar refractivity (Wildman–Crippen MR) is 487 cm³/mol. The molecule has 3 aliphatic carbocycles. The Kier molecular flexibility index (Phi) is 37.9. The summed E-state index contributed by atoms with van der Waals surface area (Å²) < 4.78 is 65.3. The van der Waals surface area contributed by atoms with E-state index in [-0.39, 0.29) is 89.0 Å². The largest absolute Gasteiger partial charge is 0.449 e. The summed E-state index contributed by atoms with van der Waals surface area (Å²) in [5.74, 6) is -2.98. The SMILES string of the molecule is [2H]CC(=S)Cc1ccc(NC(=S)NC(NC(=O)OC2CCCc3nnn(CCCOC(=O)N(COC)c4ccc(C(=O)N(CC)CC)cc4)c3CC2)(NC(=O)OC2CCCc3nnn(CCCOC(=O)N(COC)c4ccc(C(=O)N(CC)CC)cc4)c3CC2)NC(=O)OC2CCCc3nnn(CCCOC(=O)N(COC)c4ccc(C(=O)N(CC)CC)cc4)c3CC2)cc1. The van der Waals surface area contributed by atoms with E-state index in [0.717, 1.165) is 39.7 Å². The van der Waals surface area contributed by atoms with Crippen LogP contribution in [-0.2, 0) is 107 Å². The van der Waals surface area contributed by atoms with E-state index in [4.69, 9.17) is 68.4 Å². The number of aromatic nitrogens is 9. The molecule has 0 saturated heterocycles. The minimum Gasteiger partial charge on any atom is -0.449 e. The fourth-order valence-corrected chi connectivity index (χ4v) is 16.0. The molecule has 10 rings (SSSR count). The number of hydrogen-bond acceptors (Lipinski definition) is 26. The average molecular weight is 1830 g/mol. The third-order valence-corrected chi connectivity index (χ3v) is 22.7. The summed E-state index contributed by atoms with van der Waals surface area (Å²) in [7, 11) is 4.38. The maximum Gasteiger partial charge on any atom is 0.416 e. The molecule has 0 aliphatic heterocycles. The second-order valence-corrected chi connectivity index (χ2v) is 32.1. The quantitative estimate of drug-likeness (QED) is 0.0103. The molecule has 0 fully saturated rings. The highest BCUT2D eigenvalue weighted by atomic mass is 32.1. The van der Waals surface area contributed by atoms with E-state index < -0.39 is 60.8 Å². The lowest BCUT2D eigenvalue weighted by molar-refractivity contribution is 0.0407. The van der Waals surface area contributed by atoms with E-state index in [9.17, 15) is 28.8 Å². The highest BCUT2D eigenvalue weighted by Gasteiger charge is 2.42.